The molecule has 1 saturated heterocycles. The second kappa shape index (κ2) is 8.19. The minimum Gasteiger partial charge on any atom is -0.378 e. The first kappa shape index (κ1) is 19.5. The van der Waals surface area contributed by atoms with E-state index in [2.05, 4.69) is 0 Å². The fourth-order valence-corrected chi connectivity index (χ4v) is 3.52. The van der Waals surface area contributed by atoms with Crippen LogP contribution in [0.1, 0.15) is 20.7 Å². The van der Waals surface area contributed by atoms with Crippen LogP contribution in [-0.4, -0.2) is 61.9 Å². The van der Waals surface area contributed by atoms with Gasteiger partial charge in [-0.2, -0.15) is 0 Å². The number of anilines is 1. The van der Waals surface area contributed by atoms with Crippen molar-refractivity contribution >= 4 is 40.7 Å². The summed E-state index contributed by atoms with van der Waals surface area (Å²) >= 11 is 12.0. The average Bonchev–Trinajstić information content (AvgIpc) is 2.67. The Morgan fingerprint density at radius 3 is 1.93 bits per heavy atom. The third kappa shape index (κ3) is 4.37. The third-order valence-electron chi connectivity index (χ3n) is 4.65. The molecule has 1 aliphatic heterocycles. The van der Waals surface area contributed by atoms with Gasteiger partial charge in [0.15, 0.2) is 0 Å². The molecule has 0 unspecified atom stereocenters. The van der Waals surface area contributed by atoms with E-state index < -0.39 is 0 Å². The van der Waals surface area contributed by atoms with Crippen molar-refractivity contribution in [3.8, 4) is 0 Å². The molecule has 7 heteroatoms. The Balaban J connectivity index is 1.62. The summed E-state index contributed by atoms with van der Waals surface area (Å²) in [5.74, 6) is -0.156. The largest absolute Gasteiger partial charge is 0.378 e. The van der Waals surface area contributed by atoms with Gasteiger partial charge < -0.3 is 14.7 Å². The van der Waals surface area contributed by atoms with Crippen molar-refractivity contribution in [3.05, 3.63) is 63.6 Å². The second-order valence-electron chi connectivity index (χ2n) is 6.65. The summed E-state index contributed by atoms with van der Waals surface area (Å²) < 4.78 is 0. The number of carbonyl (C=O) groups is 2. The van der Waals surface area contributed by atoms with Crippen LogP contribution >= 0.6 is 23.2 Å². The van der Waals surface area contributed by atoms with Gasteiger partial charge in [0, 0.05) is 56.5 Å². The Bertz CT molecular complexity index is 845. The zero-order chi connectivity index (χ0) is 19.6. The minimum absolute atomic E-state index is 0.0167. The summed E-state index contributed by atoms with van der Waals surface area (Å²) in [5, 5.41) is 0.833. The molecule has 0 spiro atoms. The molecule has 1 heterocycles. The number of halogens is 2. The smallest absolute Gasteiger partial charge is 0.255 e. The Kier molecular flexibility index (Phi) is 5.92. The summed E-state index contributed by atoms with van der Waals surface area (Å²) in [6.45, 7) is 1.93. The van der Waals surface area contributed by atoms with Gasteiger partial charge in [-0.25, -0.2) is 0 Å². The molecule has 2 aromatic rings. The number of nitrogens with zero attached hydrogens (tertiary/aromatic N) is 3. The molecular formula is C20H21Cl2N3O2. The molecule has 0 aromatic heterocycles. The van der Waals surface area contributed by atoms with Crippen molar-refractivity contribution in [2.45, 2.75) is 0 Å². The van der Waals surface area contributed by atoms with Crippen LogP contribution in [0.2, 0.25) is 10.0 Å². The monoisotopic (exact) mass is 405 g/mol. The highest BCUT2D eigenvalue weighted by Gasteiger charge is 2.26. The maximum Gasteiger partial charge on any atom is 0.255 e. The van der Waals surface area contributed by atoms with E-state index in [-0.39, 0.29) is 11.8 Å². The maximum absolute atomic E-state index is 12.7. The summed E-state index contributed by atoms with van der Waals surface area (Å²) in [6, 6.07) is 12.4. The molecule has 0 aliphatic carbocycles. The van der Waals surface area contributed by atoms with Crippen molar-refractivity contribution in [2.75, 3.05) is 45.2 Å². The van der Waals surface area contributed by atoms with E-state index in [0.29, 0.717) is 47.4 Å². The van der Waals surface area contributed by atoms with Crippen LogP contribution in [-0.2, 0) is 0 Å². The molecule has 0 bridgehead atoms. The highest BCUT2D eigenvalue weighted by molar-refractivity contribution is 6.36. The van der Waals surface area contributed by atoms with Gasteiger partial charge in [0.1, 0.15) is 0 Å². The van der Waals surface area contributed by atoms with Crippen molar-refractivity contribution in [2.24, 2.45) is 0 Å². The van der Waals surface area contributed by atoms with Gasteiger partial charge in [-0.1, -0.05) is 23.2 Å². The maximum atomic E-state index is 12.7. The fourth-order valence-electron chi connectivity index (χ4n) is 3.03. The lowest BCUT2D eigenvalue weighted by molar-refractivity contribution is 0.0535. The Morgan fingerprint density at radius 1 is 0.852 bits per heavy atom. The van der Waals surface area contributed by atoms with Crippen LogP contribution in [0.25, 0.3) is 0 Å². The zero-order valence-electron chi connectivity index (χ0n) is 15.3. The molecule has 5 nitrogen and oxygen atoms in total. The van der Waals surface area contributed by atoms with Crippen LogP contribution in [0.15, 0.2) is 42.5 Å². The van der Waals surface area contributed by atoms with Crippen molar-refractivity contribution in [3.63, 3.8) is 0 Å². The highest BCUT2D eigenvalue weighted by Crippen LogP contribution is 2.23. The summed E-state index contributed by atoms with van der Waals surface area (Å²) in [6.07, 6.45) is 0. The molecule has 0 saturated carbocycles. The molecule has 1 fully saturated rings. The lowest BCUT2D eigenvalue weighted by Crippen LogP contribution is -2.50. The molecule has 1 aliphatic rings. The predicted octanol–water partition coefficient (Wildman–Crippen LogP) is 3.66. The third-order valence-corrected chi connectivity index (χ3v) is 5.19. The van der Waals surface area contributed by atoms with Crippen LogP contribution in [0.5, 0.6) is 0 Å². The van der Waals surface area contributed by atoms with E-state index in [0.717, 1.165) is 5.69 Å². The highest BCUT2D eigenvalue weighted by atomic mass is 35.5. The number of amides is 2. The van der Waals surface area contributed by atoms with E-state index >= 15 is 0 Å². The number of benzene rings is 2. The van der Waals surface area contributed by atoms with Gasteiger partial charge in [0.2, 0.25) is 0 Å². The number of carbonyl (C=O) groups excluding carboxylic acids is 2. The molecule has 142 valence electrons. The lowest BCUT2D eigenvalue weighted by Gasteiger charge is -2.35. The van der Waals surface area contributed by atoms with Gasteiger partial charge in [-0.3, -0.25) is 9.59 Å². The lowest BCUT2D eigenvalue weighted by atomic mass is 10.1. The predicted molar refractivity (Wildman–Crippen MR) is 109 cm³/mol. The normalized spacial score (nSPS) is 14.2. The molecule has 0 N–H and O–H groups in total. The number of rotatable bonds is 3. The number of piperazine rings is 1. The van der Waals surface area contributed by atoms with E-state index in [9.17, 15) is 9.59 Å². The molecule has 27 heavy (non-hydrogen) atoms. The van der Waals surface area contributed by atoms with E-state index in [1.54, 1.807) is 28.0 Å². The van der Waals surface area contributed by atoms with Crippen LogP contribution < -0.4 is 4.90 Å². The molecule has 0 atom stereocenters. The Morgan fingerprint density at radius 2 is 1.41 bits per heavy atom. The first-order valence-corrected chi connectivity index (χ1v) is 9.43. The molecule has 0 radical (unpaired) electrons. The number of hydrogen-bond donors (Lipinski definition) is 0. The van der Waals surface area contributed by atoms with Gasteiger partial charge in [0.05, 0.1) is 10.6 Å². The van der Waals surface area contributed by atoms with Crippen molar-refractivity contribution < 1.29 is 9.59 Å². The Hall–Kier alpha value is -2.24. The second-order valence-corrected chi connectivity index (χ2v) is 7.49. The van der Waals surface area contributed by atoms with E-state index in [4.69, 9.17) is 23.2 Å². The topological polar surface area (TPSA) is 43.9 Å². The van der Waals surface area contributed by atoms with Crippen LogP contribution in [0, 0.1) is 0 Å². The Labute approximate surface area is 169 Å². The summed E-state index contributed by atoms with van der Waals surface area (Å²) in [5.41, 5.74) is 2.13. The molecule has 3 rings (SSSR count). The van der Waals surface area contributed by atoms with Gasteiger partial charge in [-0.05, 0) is 42.5 Å². The SMILES string of the molecule is CN(C)c1ccc(C(=O)N2CCN(C(=O)c3ccc(Cl)cc3Cl)CC2)cc1. The van der Waals surface area contributed by atoms with Gasteiger partial charge in [0.25, 0.3) is 11.8 Å². The molecule has 2 aromatic carbocycles. The van der Waals surface area contributed by atoms with Gasteiger partial charge in [-0.15, -0.1) is 0 Å². The zero-order valence-corrected chi connectivity index (χ0v) is 16.8. The average molecular weight is 406 g/mol. The standard InChI is InChI=1S/C20H21Cl2N3O2/c1-23(2)16-6-3-14(4-7-16)19(26)24-9-11-25(12-10-24)20(27)17-8-5-15(21)13-18(17)22/h3-8,13H,9-12H2,1-2H3. The fraction of sp³-hybridized carbons (Fsp3) is 0.300. The van der Waals surface area contributed by atoms with Crippen molar-refractivity contribution in [1.82, 2.24) is 9.80 Å². The quantitative estimate of drug-likeness (QED) is 0.782. The van der Waals surface area contributed by atoms with E-state index in [1.165, 1.54) is 0 Å². The van der Waals surface area contributed by atoms with Crippen molar-refractivity contribution in [1.29, 1.82) is 0 Å². The first-order chi connectivity index (χ1) is 12.9. The van der Waals surface area contributed by atoms with Crippen LogP contribution in [0.4, 0.5) is 5.69 Å². The first-order valence-electron chi connectivity index (χ1n) is 8.68. The number of hydrogen-bond acceptors (Lipinski definition) is 3. The molecule has 2 amide bonds. The van der Waals surface area contributed by atoms with Gasteiger partial charge >= 0.3 is 0 Å². The minimum atomic E-state index is -0.140. The molecular weight excluding hydrogens is 385 g/mol. The summed E-state index contributed by atoms with van der Waals surface area (Å²) in [7, 11) is 3.92. The van der Waals surface area contributed by atoms with E-state index in [1.807, 2.05) is 43.3 Å². The summed E-state index contributed by atoms with van der Waals surface area (Å²) in [4.78, 5) is 30.8. The van der Waals surface area contributed by atoms with Crippen LogP contribution in [0.3, 0.4) is 0 Å².